The van der Waals surface area contributed by atoms with Crippen molar-refractivity contribution in [3.63, 3.8) is 0 Å². The fourth-order valence-electron chi connectivity index (χ4n) is 0.993. The van der Waals surface area contributed by atoms with Gasteiger partial charge in [-0.2, -0.15) is 0 Å². The first-order chi connectivity index (χ1) is 6.50. The third-order valence-corrected chi connectivity index (χ3v) is 1.59. The molecule has 0 bridgehead atoms. The van der Waals surface area contributed by atoms with Crippen LogP contribution in [0.1, 0.15) is 24.2 Å². The second kappa shape index (κ2) is 3.95. The predicted octanol–water partition coefficient (Wildman–Crippen LogP) is 1.18. The number of nitrogens with zero attached hydrogens (tertiary/aromatic N) is 1. The number of pyridine rings is 1. The smallest absolute Gasteiger partial charge is 0.337 e. The van der Waals surface area contributed by atoms with Crippen LogP contribution in [0, 0.1) is 0 Å². The van der Waals surface area contributed by atoms with Crippen LogP contribution in [0.2, 0.25) is 0 Å². The molecule has 1 aromatic heterocycles. The molecule has 5 nitrogen and oxygen atoms in total. The highest BCUT2D eigenvalue weighted by Crippen LogP contribution is 2.16. The Hall–Kier alpha value is -1.78. The molecule has 76 valence electrons. The van der Waals surface area contributed by atoms with Crippen molar-refractivity contribution < 1.29 is 9.90 Å². The maximum Gasteiger partial charge on any atom is 0.337 e. The normalized spacial score (nSPS) is 10.2. The fourth-order valence-corrected chi connectivity index (χ4v) is 0.993. The van der Waals surface area contributed by atoms with Gasteiger partial charge in [0.15, 0.2) is 0 Å². The van der Waals surface area contributed by atoms with Crippen molar-refractivity contribution in [3.8, 4) is 0 Å². The van der Waals surface area contributed by atoms with Gasteiger partial charge in [0, 0.05) is 12.2 Å². The number of hydrogen-bond acceptors (Lipinski definition) is 4. The van der Waals surface area contributed by atoms with Crippen LogP contribution in [0.25, 0.3) is 0 Å². The minimum Gasteiger partial charge on any atom is -0.478 e. The Labute approximate surface area is 82.0 Å². The number of nitrogen functional groups attached to an aromatic ring is 1. The third kappa shape index (κ3) is 2.35. The summed E-state index contributed by atoms with van der Waals surface area (Å²) in [6.45, 7) is 3.90. The molecule has 0 spiro atoms. The van der Waals surface area contributed by atoms with Gasteiger partial charge >= 0.3 is 5.97 Å². The molecule has 0 aliphatic rings. The molecule has 0 atom stereocenters. The van der Waals surface area contributed by atoms with Gasteiger partial charge in [0.1, 0.15) is 5.82 Å². The lowest BCUT2D eigenvalue weighted by atomic mass is 10.2. The Balaban J connectivity index is 2.95. The highest BCUT2D eigenvalue weighted by molar-refractivity contribution is 5.89. The minimum atomic E-state index is -1.03. The van der Waals surface area contributed by atoms with E-state index in [1.807, 2.05) is 13.8 Å². The maximum absolute atomic E-state index is 10.6. The Morgan fingerprint density at radius 1 is 1.64 bits per heavy atom. The van der Waals surface area contributed by atoms with Crippen molar-refractivity contribution in [1.82, 2.24) is 4.98 Å². The summed E-state index contributed by atoms with van der Waals surface area (Å²) in [5, 5.41) is 11.7. The van der Waals surface area contributed by atoms with E-state index in [1.165, 1.54) is 12.3 Å². The van der Waals surface area contributed by atoms with E-state index in [9.17, 15) is 4.79 Å². The zero-order valence-corrected chi connectivity index (χ0v) is 8.11. The van der Waals surface area contributed by atoms with Gasteiger partial charge in [-0.25, -0.2) is 9.78 Å². The summed E-state index contributed by atoms with van der Waals surface area (Å²) in [5.41, 5.74) is 6.06. The molecule has 5 heteroatoms. The molecule has 0 fully saturated rings. The van der Waals surface area contributed by atoms with E-state index in [0.29, 0.717) is 11.5 Å². The number of carboxylic acid groups (broad SMARTS) is 1. The minimum absolute atomic E-state index is 0.0943. The molecule has 0 radical (unpaired) electrons. The van der Waals surface area contributed by atoms with E-state index in [0.717, 1.165) is 0 Å². The number of aromatic nitrogens is 1. The predicted molar refractivity (Wildman–Crippen MR) is 54.4 cm³/mol. The van der Waals surface area contributed by atoms with Gasteiger partial charge in [0.05, 0.1) is 11.3 Å². The quantitative estimate of drug-likeness (QED) is 0.674. The summed E-state index contributed by atoms with van der Waals surface area (Å²) in [4.78, 5) is 14.5. The van der Waals surface area contributed by atoms with Gasteiger partial charge in [-0.1, -0.05) is 0 Å². The van der Waals surface area contributed by atoms with E-state index in [1.54, 1.807) is 0 Å². The van der Waals surface area contributed by atoms with Crippen LogP contribution in [0.5, 0.6) is 0 Å². The topological polar surface area (TPSA) is 88.2 Å². The first-order valence-electron chi connectivity index (χ1n) is 4.26. The van der Waals surface area contributed by atoms with Crippen LogP contribution in [-0.2, 0) is 0 Å². The van der Waals surface area contributed by atoms with Crippen LogP contribution >= 0.6 is 0 Å². The number of anilines is 2. The SMILES string of the molecule is CC(C)Nc1ncc(C(=O)O)cc1N. The third-order valence-electron chi connectivity index (χ3n) is 1.59. The van der Waals surface area contributed by atoms with Gasteiger partial charge in [-0.05, 0) is 19.9 Å². The number of rotatable bonds is 3. The monoisotopic (exact) mass is 195 g/mol. The number of carbonyl (C=O) groups is 1. The number of aromatic carboxylic acids is 1. The molecular formula is C9H13N3O2. The van der Waals surface area contributed by atoms with Gasteiger partial charge in [0.2, 0.25) is 0 Å². The molecule has 0 saturated carbocycles. The molecule has 4 N–H and O–H groups in total. The molecule has 0 saturated heterocycles. The zero-order chi connectivity index (χ0) is 10.7. The molecule has 1 aromatic rings. The number of carboxylic acids is 1. The average molecular weight is 195 g/mol. The number of nitrogens with two attached hydrogens (primary N) is 1. The second-order valence-electron chi connectivity index (χ2n) is 3.27. The average Bonchev–Trinajstić information content (AvgIpc) is 2.07. The molecule has 1 rings (SSSR count). The first kappa shape index (κ1) is 10.3. The molecule has 0 unspecified atom stereocenters. The van der Waals surface area contributed by atoms with E-state index in [-0.39, 0.29) is 11.6 Å². The Kier molecular flexibility index (Phi) is 2.91. The lowest BCUT2D eigenvalue weighted by molar-refractivity contribution is 0.0696. The number of hydrogen-bond donors (Lipinski definition) is 3. The molecule has 14 heavy (non-hydrogen) atoms. The zero-order valence-electron chi connectivity index (χ0n) is 8.11. The Morgan fingerprint density at radius 3 is 2.71 bits per heavy atom. The van der Waals surface area contributed by atoms with Crippen molar-refractivity contribution in [2.75, 3.05) is 11.1 Å². The lowest BCUT2D eigenvalue weighted by Gasteiger charge is -2.11. The Morgan fingerprint density at radius 2 is 2.29 bits per heavy atom. The van der Waals surface area contributed by atoms with Crippen molar-refractivity contribution in [2.24, 2.45) is 0 Å². The summed E-state index contributed by atoms with van der Waals surface area (Å²) in [6, 6.07) is 1.60. The van der Waals surface area contributed by atoms with Crippen LogP contribution in [-0.4, -0.2) is 22.1 Å². The van der Waals surface area contributed by atoms with Crippen molar-refractivity contribution in [2.45, 2.75) is 19.9 Å². The summed E-state index contributed by atoms with van der Waals surface area (Å²) >= 11 is 0. The molecule has 0 amide bonds. The van der Waals surface area contributed by atoms with Crippen LogP contribution in [0.3, 0.4) is 0 Å². The standard InChI is InChI=1S/C9H13N3O2/c1-5(2)12-8-7(10)3-6(4-11-8)9(13)14/h3-5H,10H2,1-2H3,(H,11,12)(H,13,14). The summed E-state index contributed by atoms with van der Waals surface area (Å²) in [5.74, 6) is -0.509. The second-order valence-corrected chi connectivity index (χ2v) is 3.27. The Bertz CT molecular complexity index is 350. The van der Waals surface area contributed by atoms with Crippen LogP contribution in [0.4, 0.5) is 11.5 Å². The van der Waals surface area contributed by atoms with E-state index in [4.69, 9.17) is 10.8 Å². The summed E-state index contributed by atoms with van der Waals surface area (Å²) < 4.78 is 0. The highest BCUT2D eigenvalue weighted by Gasteiger charge is 2.07. The van der Waals surface area contributed by atoms with Crippen LogP contribution in [0.15, 0.2) is 12.3 Å². The molecule has 0 aliphatic heterocycles. The van der Waals surface area contributed by atoms with E-state index >= 15 is 0 Å². The summed E-state index contributed by atoms with van der Waals surface area (Å²) in [7, 11) is 0. The van der Waals surface area contributed by atoms with E-state index < -0.39 is 5.97 Å². The van der Waals surface area contributed by atoms with Gasteiger partial charge in [-0.15, -0.1) is 0 Å². The number of nitrogens with one attached hydrogen (secondary N) is 1. The van der Waals surface area contributed by atoms with E-state index in [2.05, 4.69) is 10.3 Å². The van der Waals surface area contributed by atoms with Crippen molar-refractivity contribution >= 4 is 17.5 Å². The van der Waals surface area contributed by atoms with Crippen molar-refractivity contribution in [3.05, 3.63) is 17.8 Å². The van der Waals surface area contributed by atoms with Crippen LogP contribution < -0.4 is 11.1 Å². The molecule has 1 heterocycles. The highest BCUT2D eigenvalue weighted by atomic mass is 16.4. The fraction of sp³-hybridized carbons (Fsp3) is 0.333. The molecular weight excluding hydrogens is 182 g/mol. The van der Waals surface area contributed by atoms with Gasteiger partial charge in [-0.3, -0.25) is 0 Å². The van der Waals surface area contributed by atoms with Gasteiger partial charge in [0.25, 0.3) is 0 Å². The maximum atomic E-state index is 10.6. The molecule has 0 aromatic carbocycles. The largest absolute Gasteiger partial charge is 0.478 e. The molecule has 0 aliphatic carbocycles. The van der Waals surface area contributed by atoms with Gasteiger partial charge < -0.3 is 16.2 Å². The van der Waals surface area contributed by atoms with Crippen molar-refractivity contribution in [1.29, 1.82) is 0 Å². The first-order valence-corrected chi connectivity index (χ1v) is 4.26. The lowest BCUT2D eigenvalue weighted by Crippen LogP contribution is -2.13. The summed E-state index contributed by atoms with van der Waals surface area (Å²) in [6.07, 6.45) is 1.28.